The quantitative estimate of drug-likeness (QED) is 0.477. The van der Waals surface area contributed by atoms with E-state index in [1.54, 1.807) is 6.20 Å². The number of aliphatic imine (C=N–C) groups is 1. The minimum atomic E-state index is 0.621. The minimum absolute atomic E-state index is 0.621. The van der Waals surface area contributed by atoms with Gasteiger partial charge in [-0.15, -0.1) is 0 Å². The highest BCUT2D eigenvalue weighted by Crippen LogP contribution is 2.11. The van der Waals surface area contributed by atoms with Gasteiger partial charge in [0.05, 0.1) is 13.1 Å². The van der Waals surface area contributed by atoms with E-state index in [0.717, 1.165) is 37.7 Å². The zero-order chi connectivity index (χ0) is 18.7. The third kappa shape index (κ3) is 5.95. The molecule has 140 valence electrons. The first-order valence-corrected chi connectivity index (χ1v) is 9.31. The average molecular weight is 362 g/mol. The van der Waals surface area contributed by atoms with Crippen molar-refractivity contribution in [1.29, 1.82) is 0 Å². The van der Waals surface area contributed by atoms with Crippen LogP contribution in [-0.2, 0) is 19.5 Å². The zero-order valence-corrected chi connectivity index (χ0v) is 15.7. The highest BCUT2D eigenvalue weighted by Gasteiger charge is 2.04. The van der Waals surface area contributed by atoms with Crippen LogP contribution in [0.1, 0.15) is 23.7 Å². The summed E-state index contributed by atoms with van der Waals surface area (Å²) in [6.07, 6.45) is 6.46. The molecule has 6 heteroatoms. The van der Waals surface area contributed by atoms with Crippen molar-refractivity contribution in [3.63, 3.8) is 0 Å². The van der Waals surface area contributed by atoms with Crippen molar-refractivity contribution < 1.29 is 0 Å². The number of rotatable bonds is 8. The molecule has 0 fully saturated rings. The van der Waals surface area contributed by atoms with E-state index in [-0.39, 0.29) is 0 Å². The average Bonchev–Trinajstić information content (AvgIpc) is 3.21. The number of aromatic nitrogens is 3. The van der Waals surface area contributed by atoms with Gasteiger partial charge < -0.3 is 10.6 Å². The van der Waals surface area contributed by atoms with Crippen molar-refractivity contribution in [2.45, 2.75) is 26.4 Å². The Morgan fingerprint density at radius 3 is 2.59 bits per heavy atom. The summed E-state index contributed by atoms with van der Waals surface area (Å²) in [6.45, 7) is 5.06. The molecule has 6 nitrogen and oxygen atoms in total. The number of hydrogen-bond donors (Lipinski definition) is 2. The van der Waals surface area contributed by atoms with Crippen LogP contribution >= 0.6 is 0 Å². The largest absolute Gasteiger partial charge is 0.357 e. The number of nitrogens with one attached hydrogen (secondary N) is 2. The van der Waals surface area contributed by atoms with E-state index < -0.39 is 0 Å². The molecular weight excluding hydrogens is 336 g/mol. The van der Waals surface area contributed by atoms with Crippen molar-refractivity contribution in [2.75, 3.05) is 13.1 Å². The summed E-state index contributed by atoms with van der Waals surface area (Å²) in [4.78, 5) is 9.10. The molecule has 2 N–H and O–H groups in total. The Morgan fingerprint density at radius 1 is 1.00 bits per heavy atom. The Hall–Kier alpha value is -3.15. The Balaban J connectivity index is 1.61. The molecular formula is C21H26N6. The van der Waals surface area contributed by atoms with E-state index in [1.807, 2.05) is 41.3 Å². The SMILES string of the molecule is CCNC(=NCc1ccccc1Cn1cccn1)NCCc1ccccn1. The lowest BCUT2D eigenvalue weighted by Crippen LogP contribution is -2.38. The second-order valence-corrected chi connectivity index (χ2v) is 6.17. The molecule has 0 saturated heterocycles. The number of hydrogen-bond acceptors (Lipinski definition) is 3. The molecule has 3 aromatic rings. The first-order valence-electron chi connectivity index (χ1n) is 9.31. The molecule has 0 aliphatic rings. The highest BCUT2D eigenvalue weighted by atomic mass is 15.3. The van der Waals surface area contributed by atoms with Crippen molar-refractivity contribution >= 4 is 5.96 Å². The molecule has 0 atom stereocenters. The molecule has 27 heavy (non-hydrogen) atoms. The van der Waals surface area contributed by atoms with Crippen molar-refractivity contribution in [3.05, 3.63) is 83.9 Å². The van der Waals surface area contributed by atoms with Gasteiger partial charge in [0.25, 0.3) is 0 Å². The predicted octanol–water partition coefficient (Wildman–Crippen LogP) is 2.62. The Kier molecular flexibility index (Phi) is 6.98. The standard InChI is InChI=1S/C21H26N6/c1-2-22-21(24-14-11-20-10-5-6-12-23-20)25-16-18-8-3-4-9-19(18)17-27-15-7-13-26-27/h3-10,12-13,15H,2,11,14,16-17H2,1H3,(H2,22,24,25). The number of pyridine rings is 1. The second-order valence-electron chi connectivity index (χ2n) is 6.17. The molecule has 3 rings (SSSR count). The monoisotopic (exact) mass is 362 g/mol. The van der Waals surface area contributed by atoms with Crippen LogP contribution in [0, 0.1) is 0 Å². The van der Waals surface area contributed by atoms with Gasteiger partial charge in [0.2, 0.25) is 0 Å². The summed E-state index contributed by atoms with van der Waals surface area (Å²) in [5.41, 5.74) is 3.51. The third-order valence-corrected chi connectivity index (χ3v) is 4.16. The van der Waals surface area contributed by atoms with Gasteiger partial charge in [0.15, 0.2) is 5.96 Å². The molecule has 0 amide bonds. The molecule has 1 aromatic carbocycles. The van der Waals surface area contributed by atoms with Gasteiger partial charge in [-0.2, -0.15) is 5.10 Å². The molecule has 0 aliphatic carbocycles. The van der Waals surface area contributed by atoms with E-state index in [2.05, 4.69) is 51.9 Å². The summed E-state index contributed by atoms with van der Waals surface area (Å²) < 4.78 is 1.93. The van der Waals surface area contributed by atoms with E-state index in [9.17, 15) is 0 Å². The van der Waals surface area contributed by atoms with Gasteiger partial charge in [-0.3, -0.25) is 9.67 Å². The maximum absolute atomic E-state index is 4.75. The van der Waals surface area contributed by atoms with Gasteiger partial charge >= 0.3 is 0 Å². The molecule has 0 bridgehead atoms. The Labute approximate surface area is 160 Å². The summed E-state index contributed by atoms with van der Waals surface area (Å²) in [6, 6.07) is 16.3. The molecule has 0 saturated carbocycles. The summed E-state index contributed by atoms with van der Waals surface area (Å²) in [5, 5.41) is 11.0. The first-order chi connectivity index (χ1) is 13.3. The van der Waals surface area contributed by atoms with Gasteiger partial charge in [0.1, 0.15) is 0 Å². The van der Waals surface area contributed by atoms with Crippen LogP contribution in [0.4, 0.5) is 0 Å². The van der Waals surface area contributed by atoms with Gasteiger partial charge in [0, 0.05) is 43.8 Å². The third-order valence-electron chi connectivity index (χ3n) is 4.16. The van der Waals surface area contributed by atoms with Crippen LogP contribution < -0.4 is 10.6 Å². The van der Waals surface area contributed by atoms with Crippen LogP contribution in [0.25, 0.3) is 0 Å². The number of nitrogens with zero attached hydrogens (tertiary/aromatic N) is 4. The molecule has 0 unspecified atom stereocenters. The van der Waals surface area contributed by atoms with Crippen LogP contribution in [0.15, 0.2) is 72.1 Å². The van der Waals surface area contributed by atoms with Gasteiger partial charge in [-0.1, -0.05) is 30.3 Å². The second kappa shape index (κ2) is 10.1. The zero-order valence-electron chi connectivity index (χ0n) is 15.7. The van der Waals surface area contributed by atoms with E-state index >= 15 is 0 Å². The molecule has 0 spiro atoms. The van der Waals surface area contributed by atoms with Crippen LogP contribution in [0.3, 0.4) is 0 Å². The lowest BCUT2D eigenvalue weighted by Gasteiger charge is -2.12. The van der Waals surface area contributed by atoms with E-state index in [4.69, 9.17) is 4.99 Å². The van der Waals surface area contributed by atoms with Gasteiger partial charge in [-0.05, 0) is 36.2 Å². The fourth-order valence-electron chi connectivity index (χ4n) is 2.80. The van der Waals surface area contributed by atoms with Crippen LogP contribution in [0.2, 0.25) is 0 Å². The van der Waals surface area contributed by atoms with Crippen molar-refractivity contribution in [3.8, 4) is 0 Å². The fourth-order valence-corrected chi connectivity index (χ4v) is 2.80. The van der Waals surface area contributed by atoms with Crippen molar-refractivity contribution in [2.24, 2.45) is 4.99 Å². The topological polar surface area (TPSA) is 67.1 Å². The summed E-state index contributed by atoms with van der Waals surface area (Å²) in [5.74, 6) is 0.822. The Bertz CT molecular complexity index is 827. The molecule has 0 aliphatic heterocycles. The maximum atomic E-state index is 4.75. The fraction of sp³-hybridized carbons (Fsp3) is 0.286. The number of guanidine groups is 1. The van der Waals surface area contributed by atoms with Crippen molar-refractivity contribution in [1.82, 2.24) is 25.4 Å². The van der Waals surface area contributed by atoms with E-state index in [0.29, 0.717) is 6.54 Å². The first kappa shape index (κ1) is 18.6. The summed E-state index contributed by atoms with van der Waals surface area (Å²) in [7, 11) is 0. The Morgan fingerprint density at radius 2 is 1.85 bits per heavy atom. The lowest BCUT2D eigenvalue weighted by molar-refractivity contribution is 0.680. The lowest BCUT2D eigenvalue weighted by atomic mass is 10.1. The summed E-state index contributed by atoms with van der Waals surface area (Å²) >= 11 is 0. The number of benzene rings is 1. The van der Waals surface area contributed by atoms with Crippen LogP contribution in [-0.4, -0.2) is 33.8 Å². The normalized spacial score (nSPS) is 11.4. The molecule has 2 aromatic heterocycles. The predicted molar refractivity (Wildman–Crippen MR) is 109 cm³/mol. The maximum Gasteiger partial charge on any atom is 0.191 e. The molecule has 0 radical (unpaired) electrons. The van der Waals surface area contributed by atoms with Crippen LogP contribution in [0.5, 0.6) is 0 Å². The minimum Gasteiger partial charge on any atom is -0.357 e. The molecule has 2 heterocycles. The van der Waals surface area contributed by atoms with E-state index in [1.165, 1.54) is 11.1 Å². The highest BCUT2D eigenvalue weighted by molar-refractivity contribution is 5.79. The smallest absolute Gasteiger partial charge is 0.191 e. The van der Waals surface area contributed by atoms with Gasteiger partial charge in [-0.25, -0.2) is 4.99 Å².